The molecule has 0 unspecified atom stereocenters. The van der Waals surface area contributed by atoms with E-state index in [-0.39, 0.29) is 23.4 Å². The minimum atomic E-state index is -0.595. The number of rotatable bonds is 5. The van der Waals surface area contributed by atoms with Crippen molar-refractivity contribution in [1.29, 1.82) is 0 Å². The predicted molar refractivity (Wildman–Crippen MR) is 124 cm³/mol. The molecule has 1 aliphatic carbocycles. The second-order valence-corrected chi connectivity index (χ2v) is 10.3. The summed E-state index contributed by atoms with van der Waals surface area (Å²) in [7, 11) is 0. The molecule has 0 bridgehead atoms. The molecule has 1 aromatic carbocycles. The van der Waals surface area contributed by atoms with E-state index in [9.17, 15) is 14.0 Å². The van der Waals surface area contributed by atoms with Crippen LogP contribution in [0.4, 0.5) is 9.39 Å². The Morgan fingerprint density at radius 1 is 1.16 bits per heavy atom. The summed E-state index contributed by atoms with van der Waals surface area (Å²) in [6.07, 6.45) is 4.16. The van der Waals surface area contributed by atoms with Crippen molar-refractivity contribution in [3.05, 3.63) is 75.8 Å². The van der Waals surface area contributed by atoms with Crippen LogP contribution in [-0.2, 0) is 19.4 Å². The van der Waals surface area contributed by atoms with E-state index in [0.717, 1.165) is 29.7 Å². The number of carbonyl (C=O) groups excluding carboxylic acids is 2. The minimum Gasteiger partial charge on any atom is -0.467 e. The van der Waals surface area contributed by atoms with Crippen LogP contribution in [0.3, 0.4) is 0 Å². The summed E-state index contributed by atoms with van der Waals surface area (Å²) in [5.41, 5.74) is 1.57. The zero-order valence-corrected chi connectivity index (χ0v) is 19.3. The monoisotopic (exact) mass is 454 g/mol. The van der Waals surface area contributed by atoms with Gasteiger partial charge in [-0.1, -0.05) is 32.9 Å². The van der Waals surface area contributed by atoms with Gasteiger partial charge in [-0.15, -0.1) is 11.3 Å². The van der Waals surface area contributed by atoms with Crippen molar-refractivity contribution in [3.63, 3.8) is 0 Å². The van der Waals surface area contributed by atoms with Crippen molar-refractivity contribution in [2.24, 2.45) is 11.3 Å². The number of amides is 2. The molecule has 0 fully saturated rings. The number of halogens is 1. The molecule has 2 heterocycles. The van der Waals surface area contributed by atoms with Gasteiger partial charge in [0.15, 0.2) is 0 Å². The molecular formula is C25H27FN2O3S. The lowest BCUT2D eigenvalue weighted by Crippen LogP contribution is -2.28. The summed E-state index contributed by atoms with van der Waals surface area (Å²) in [6.45, 7) is 6.94. The molecule has 2 amide bonds. The first-order chi connectivity index (χ1) is 15.2. The van der Waals surface area contributed by atoms with Crippen LogP contribution in [0.25, 0.3) is 0 Å². The van der Waals surface area contributed by atoms with Crippen molar-refractivity contribution < 1.29 is 18.4 Å². The summed E-state index contributed by atoms with van der Waals surface area (Å²) in [5, 5.41) is 6.17. The highest BCUT2D eigenvalue weighted by Crippen LogP contribution is 2.44. The number of anilines is 1. The van der Waals surface area contributed by atoms with Crippen LogP contribution in [0.15, 0.2) is 47.1 Å². The highest BCUT2D eigenvalue weighted by molar-refractivity contribution is 7.17. The number of nitrogens with one attached hydrogen (secondary N) is 2. The average molecular weight is 455 g/mol. The Balaban J connectivity index is 1.65. The molecular weight excluding hydrogens is 427 g/mol. The topological polar surface area (TPSA) is 71.3 Å². The Labute approximate surface area is 191 Å². The van der Waals surface area contributed by atoms with E-state index in [1.807, 2.05) is 0 Å². The first-order valence-electron chi connectivity index (χ1n) is 10.7. The Morgan fingerprint density at radius 2 is 1.94 bits per heavy atom. The smallest absolute Gasteiger partial charge is 0.259 e. The van der Waals surface area contributed by atoms with Crippen molar-refractivity contribution in [3.8, 4) is 0 Å². The Bertz CT molecular complexity index is 1130. The number of fused-ring (bicyclic) bond motifs is 1. The van der Waals surface area contributed by atoms with Gasteiger partial charge in [0, 0.05) is 4.88 Å². The second kappa shape index (κ2) is 8.90. The fourth-order valence-electron chi connectivity index (χ4n) is 4.14. The van der Waals surface area contributed by atoms with Crippen LogP contribution >= 0.6 is 11.3 Å². The van der Waals surface area contributed by atoms with Gasteiger partial charge in [-0.25, -0.2) is 4.39 Å². The molecule has 0 saturated heterocycles. The number of benzene rings is 1. The van der Waals surface area contributed by atoms with Gasteiger partial charge in [0.2, 0.25) is 0 Å². The molecule has 168 valence electrons. The van der Waals surface area contributed by atoms with Gasteiger partial charge in [0.1, 0.15) is 16.6 Å². The van der Waals surface area contributed by atoms with Crippen molar-refractivity contribution in [2.45, 2.75) is 46.6 Å². The Kier molecular flexibility index (Phi) is 6.20. The molecule has 2 aromatic heterocycles. The number of carbonyl (C=O) groups is 2. The van der Waals surface area contributed by atoms with E-state index >= 15 is 0 Å². The van der Waals surface area contributed by atoms with Gasteiger partial charge < -0.3 is 15.1 Å². The van der Waals surface area contributed by atoms with E-state index in [4.69, 9.17) is 4.42 Å². The van der Waals surface area contributed by atoms with E-state index in [0.29, 0.717) is 22.2 Å². The SMILES string of the molecule is CC(C)(C)[C@@H]1CCc2c(sc(NC(=O)c3ccccc3F)c2C(=O)NCc2ccco2)C1. The molecule has 4 rings (SSSR count). The van der Waals surface area contributed by atoms with Crippen molar-refractivity contribution >= 4 is 28.2 Å². The lowest BCUT2D eigenvalue weighted by Gasteiger charge is -2.33. The van der Waals surface area contributed by atoms with Crippen LogP contribution in [0.2, 0.25) is 0 Å². The molecule has 1 aliphatic rings. The van der Waals surface area contributed by atoms with E-state index in [1.54, 1.807) is 24.5 Å². The largest absolute Gasteiger partial charge is 0.467 e. The highest BCUT2D eigenvalue weighted by Gasteiger charge is 2.34. The van der Waals surface area contributed by atoms with Gasteiger partial charge in [0.25, 0.3) is 11.8 Å². The standard InChI is InChI=1S/C25H27FN2O3S/c1-25(2,3)15-10-11-18-20(13-15)32-24(28-22(29)17-8-4-5-9-19(17)26)21(18)23(30)27-14-16-7-6-12-31-16/h4-9,12,15H,10-11,13-14H2,1-3H3,(H,27,30)(H,28,29)/t15-/m1/s1. The van der Waals surface area contributed by atoms with Crippen LogP contribution in [0.1, 0.15) is 64.1 Å². The maximum atomic E-state index is 14.1. The third-order valence-corrected chi connectivity index (χ3v) is 7.24. The first kappa shape index (κ1) is 22.3. The summed E-state index contributed by atoms with van der Waals surface area (Å²) in [4.78, 5) is 27.1. The molecule has 32 heavy (non-hydrogen) atoms. The van der Waals surface area contributed by atoms with Gasteiger partial charge in [-0.05, 0) is 60.4 Å². The molecule has 2 N–H and O–H groups in total. The lowest BCUT2D eigenvalue weighted by atomic mass is 9.72. The quantitative estimate of drug-likeness (QED) is 0.511. The molecule has 0 aliphatic heterocycles. The number of hydrogen-bond acceptors (Lipinski definition) is 4. The molecule has 0 saturated carbocycles. The van der Waals surface area contributed by atoms with Gasteiger partial charge in [-0.2, -0.15) is 0 Å². The third kappa shape index (κ3) is 4.63. The summed E-state index contributed by atoms with van der Waals surface area (Å²) in [5.74, 6) is -0.288. The molecule has 0 radical (unpaired) electrons. The van der Waals surface area contributed by atoms with Gasteiger partial charge in [0.05, 0.1) is 23.9 Å². The minimum absolute atomic E-state index is 0.0478. The summed E-state index contributed by atoms with van der Waals surface area (Å²) in [6, 6.07) is 9.39. The normalized spacial score (nSPS) is 15.8. The van der Waals surface area contributed by atoms with E-state index in [2.05, 4.69) is 31.4 Å². The Morgan fingerprint density at radius 3 is 2.62 bits per heavy atom. The van der Waals surface area contributed by atoms with Crippen LogP contribution < -0.4 is 10.6 Å². The molecule has 3 aromatic rings. The zero-order chi connectivity index (χ0) is 22.9. The number of hydrogen-bond donors (Lipinski definition) is 2. The molecule has 0 spiro atoms. The number of thiophene rings is 1. The van der Waals surface area contributed by atoms with Crippen molar-refractivity contribution in [2.75, 3.05) is 5.32 Å². The highest BCUT2D eigenvalue weighted by atomic mass is 32.1. The molecule has 7 heteroatoms. The maximum absolute atomic E-state index is 14.1. The maximum Gasteiger partial charge on any atom is 0.259 e. The van der Waals surface area contributed by atoms with E-state index in [1.165, 1.54) is 29.5 Å². The van der Waals surface area contributed by atoms with Crippen molar-refractivity contribution in [1.82, 2.24) is 5.32 Å². The third-order valence-electron chi connectivity index (χ3n) is 6.07. The molecule has 5 nitrogen and oxygen atoms in total. The lowest BCUT2D eigenvalue weighted by molar-refractivity contribution is 0.0947. The first-order valence-corrected chi connectivity index (χ1v) is 11.6. The van der Waals surface area contributed by atoms with Gasteiger partial charge in [-0.3, -0.25) is 9.59 Å². The van der Waals surface area contributed by atoms with Crippen LogP contribution in [0.5, 0.6) is 0 Å². The molecule has 1 atom stereocenters. The summed E-state index contributed by atoms with van der Waals surface area (Å²) < 4.78 is 19.4. The van der Waals surface area contributed by atoms with E-state index < -0.39 is 11.7 Å². The van der Waals surface area contributed by atoms with Crippen LogP contribution in [-0.4, -0.2) is 11.8 Å². The fraction of sp³-hybridized carbons (Fsp3) is 0.360. The Hall–Kier alpha value is -2.93. The van der Waals surface area contributed by atoms with Gasteiger partial charge >= 0.3 is 0 Å². The fourth-order valence-corrected chi connectivity index (χ4v) is 5.46. The number of furan rings is 1. The zero-order valence-electron chi connectivity index (χ0n) is 18.5. The average Bonchev–Trinajstić information content (AvgIpc) is 3.38. The summed E-state index contributed by atoms with van der Waals surface area (Å²) >= 11 is 1.42. The second-order valence-electron chi connectivity index (χ2n) is 9.21. The predicted octanol–water partition coefficient (Wildman–Crippen LogP) is 5.81. The van der Waals surface area contributed by atoms with Crippen LogP contribution in [0, 0.1) is 17.2 Å².